The molecule has 1 unspecified atom stereocenters. The maximum atomic E-state index is 12.9. The Kier molecular flexibility index (Phi) is 7.58. The first kappa shape index (κ1) is 24.6. The van der Waals surface area contributed by atoms with E-state index in [2.05, 4.69) is 27.3 Å². The number of H-pyrrole nitrogens is 1. The fourth-order valence-corrected chi connectivity index (χ4v) is 5.12. The van der Waals surface area contributed by atoms with Gasteiger partial charge in [0.15, 0.2) is 0 Å². The molecule has 2 aromatic carbocycles. The lowest BCUT2D eigenvalue weighted by atomic mass is 9.92. The lowest BCUT2D eigenvalue weighted by Crippen LogP contribution is -2.28. The number of amides is 1. The minimum Gasteiger partial charge on any atom is -0.321 e. The molecule has 0 spiro atoms. The number of aromatic amines is 1. The molecule has 0 aliphatic heterocycles. The number of carbonyl (C=O) groups excluding carboxylic acids is 1. The number of hydrogen-bond donors (Lipinski definition) is 3. The van der Waals surface area contributed by atoms with Gasteiger partial charge in [-0.1, -0.05) is 43.7 Å². The Labute approximate surface area is 210 Å². The van der Waals surface area contributed by atoms with Crippen LogP contribution in [0.25, 0.3) is 23.1 Å². The molecular formula is C28H31N5OS. The minimum atomic E-state index is -0.203. The van der Waals surface area contributed by atoms with E-state index in [-0.39, 0.29) is 11.9 Å². The number of aryl methyl sites for hydroxylation is 1. The first-order chi connectivity index (χ1) is 16.9. The molecule has 2 aromatic heterocycles. The molecule has 6 nitrogen and oxygen atoms in total. The quantitative estimate of drug-likeness (QED) is 0.229. The van der Waals surface area contributed by atoms with E-state index in [1.807, 2.05) is 87.1 Å². The molecule has 0 bridgehead atoms. The van der Waals surface area contributed by atoms with E-state index < -0.39 is 0 Å². The zero-order chi connectivity index (χ0) is 24.9. The van der Waals surface area contributed by atoms with Crippen LogP contribution in [0.1, 0.15) is 57.9 Å². The largest absolute Gasteiger partial charge is 0.321 e. The lowest BCUT2D eigenvalue weighted by Gasteiger charge is -2.27. The van der Waals surface area contributed by atoms with Crippen molar-refractivity contribution in [3.05, 3.63) is 81.2 Å². The van der Waals surface area contributed by atoms with E-state index in [4.69, 9.17) is 5.41 Å². The molecule has 4 rings (SSSR count). The van der Waals surface area contributed by atoms with Gasteiger partial charge in [0.25, 0.3) is 5.91 Å². The molecule has 7 heteroatoms. The molecule has 0 saturated carbocycles. The number of thiophene rings is 1. The van der Waals surface area contributed by atoms with Gasteiger partial charge < -0.3 is 10.7 Å². The summed E-state index contributed by atoms with van der Waals surface area (Å²) in [6, 6.07) is 15.7. The molecule has 1 atom stereocenters. The highest BCUT2D eigenvalue weighted by Crippen LogP contribution is 2.30. The lowest BCUT2D eigenvalue weighted by molar-refractivity contribution is 0.103. The van der Waals surface area contributed by atoms with Gasteiger partial charge in [-0.15, -0.1) is 11.3 Å². The van der Waals surface area contributed by atoms with E-state index in [9.17, 15) is 4.79 Å². The van der Waals surface area contributed by atoms with Gasteiger partial charge in [0.2, 0.25) is 0 Å². The van der Waals surface area contributed by atoms with E-state index in [1.165, 1.54) is 11.3 Å². The second-order valence-electron chi connectivity index (χ2n) is 8.86. The van der Waals surface area contributed by atoms with Crippen LogP contribution < -0.4 is 5.32 Å². The Balaban J connectivity index is 1.73. The van der Waals surface area contributed by atoms with E-state index >= 15 is 0 Å². The number of fused-ring (bicyclic) bond motifs is 1. The molecule has 35 heavy (non-hydrogen) atoms. The highest BCUT2D eigenvalue weighted by atomic mass is 32.1. The Morgan fingerprint density at radius 3 is 2.71 bits per heavy atom. The number of benzene rings is 2. The number of nitrogens with zero attached hydrogens (tertiary/aromatic N) is 2. The number of aromatic nitrogens is 2. The maximum Gasteiger partial charge on any atom is 0.265 e. The highest BCUT2D eigenvalue weighted by molar-refractivity contribution is 7.12. The second kappa shape index (κ2) is 10.8. The van der Waals surface area contributed by atoms with Crippen molar-refractivity contribution in [2.75, 3.05) is 19.4 Å². The molecular weight excluding hydrogens is 454 g/mol. The monoisotopic (exact) mass is 485 g/mol. The molecule has 180 valence electrons. The minimum absolute atomic E-state index is 0.111. The first-order valence-corrected chi connectivity index (χ1v) is 12.6. The number of rotatable bonds is 9. The summed E-state index contributed by atoms with van der Waals surface area (Å²) in [6.07, 6.45) is 5.66. The highest BCUT2D eigenvalue weighted by Gasteiger charge is 2.22. The summed E-state index contributed by atoms with van der Waals surface area (Å²) in [6.45, 7) is 4.03. The zero-order valence-electron chi connectivity index (χ0n) is 20.6. The van der Waals surface area contributed by atoms with Gasteiger partial charge >= 0.3 is 0 Å². The Hall–Kier alpha value is -3.55. The van der Waals surface area contributed by atoms with E-state index in [0.29, 0.717) is 17.0 Å². The number of hydrogen-bond acceptors (Lipinski definition) is 5. The van der Waals surface area contributed by atoms with E-state index in [1.54, 1.807) is 0 Å². The summed E-state index contributed by atoms with van der Waals surface area (Å²) in [7, 11) is 3.98. The fourth-order valence-electron chi connectivity index (χ4n) is 4.30. The molecule has 4 aromatic rings. The van der Waals surface area contributed by atoms with Crippen LogP contribution in [-0.2, 0) is 0 Å². The van der Waals surface area contributed by atoms with Crippen molar-refractivity contribution in [3.8, 4) is 0 Å². The Morgan fingerprint density at radius 1 is 1.20 bits per heavy atom. The van der Waals surface area contributed by atoms with Crippen LogP contribution in [0.4, 0.5) is 5.69 Å². The van der Waals surface area contributed by atoms with Crippen LogP contribution in [0, 0.1) is 12.3 Å². The van der Waals surface area contributed by atoms with Crippen molar-refractivity contribution >= 4 is 51.7 Å². The summed E-state index contributed by atoms with van der Waals surface area (Å²) < 4.78 is 0. The van der Waals surface area contributed by atoms with Crippen molar-refractivity contribution in [1.82, 2.24) is 15.1 Å². The standard InChI is InChI=1S/C28H31N5OS/c1-5-8-23(29)26(33(3)4)22-17-20(30-28(34)27-18(2)15-16-35-27)13-11-19(22)12-14-25-21-9-6-7-10-24(21)31-32-25/h6-7,9-17,26,29H,5,8H2,1-4H3,(H,30,34)(H,31,32)/b14-12+,29-23?. The topological polar surface area (TPSA) is 84.9 Å². The van der Waals surface area contributed by atoms with Crippen LogP contribution in [0.5, 0.6) is 0 Å². The summed E-state index contributed by atoms with van der Waals surface area (Å²) in [5, 5.41) is 22.3. The molecule has 0 radical (unpaired) electrons. The van der Waals surface area contributed by atoms with Gasteiger partial charge in [-0.05, 0) is 79.9 Å². The van der Waals surface area contributed by atoms with Crippen LogP contribution in [0.3, 0.4) is 0 Å². The molecule has 0 fully saturated rings. The SMILES string of the molecule is CCCC(=N)C(c1cc(NC(=O)c2sccc2C)ccc1/C=C/c1n[nH]c2ccccc12)N(C)C. The van der Waals surface area contributed by atoms with Crippen LogP contribution in [0.2, 0.25) is 0 Å². The third-order valence-electron chi connectivity index (χ3n) is 5.99. The Morgan fingerprint density at radius 2 is 2.00 bits per heavy atom. The van der Waals surface area contributed by atoms with Crippen LogP contribution in [0.15, 0.2) is 53.9 Å². The summed E-state index contributed by atoms with van der Waals surface area (Å²) >= 11 is 1.44. The number of nitrogens with one attached hydrogen (secondary N) is 3. The van der Waals surface area contributed by atoms with Crippen LogP contribution in [-0.4, -0.2) is 40.8 Å². The molecule has 0 aliphatic rings. The number of para-hydroxylation sites is 1. The normalized spacial score (nSPS) is 12.5. The zero-order valence-corrected chi connectivity index (χ0v) is 21.4. The predicted octanol–water partition coefficient (Wildman–Crippen LogP) is 6.78. The van der Waals surface area contributed by atoms with Gasteiger partial charge in [0.05, 0.1) is 22.1 Å². The van der Waals surface area contributed by atoms with Crippen molar-refractivity contribution in [2.24, 2.45) is 0 Å². The summed E-state index contributed by atoms with van der Waals surface area (Å²) in [4.78, 5) is 15.6. The van der Waals surface area contributed by atoms with Crippen molar-refractivity contribution in [3.63, 3.8) is 0 Å². The average Bonchev–Trinajstić information content (AvgIpc) is 3.44. The van der Waals surface area contributed by atoms with Gasteiger partial charge in [0.1, 0.15) is 0 Å². The molecule has 3 N–H and O–H groups in total. The maximum absolute atomic E-state index is 12.9. The van der Waals surface area contributed by atoms with Gasteiger partial charge in [0, 0.05) is 16.8 Å². The molecule has 0 aliphatic carbocycles. The average molecular weight is 486 g/mol. The first-order valence-electron chi connectivity index (χ1n) is 11.7. The van der Waals surface area contributed by atoms with E-state index in [0.717, 1.165) is 45.4 Å². The smallest absolute Gasteiger partial charge is 0.265 e. The third-order valence-corrected chi connectivity index (χ3v) is 7.01. The van der Waals surface area contributed by atoms with Crippen molar-refractivity contribution < 1.29 is 4.79 Å². The Bertz CT molecular complexity index is 1380. The van der Waals surface area contributed by atoms with Gasteiger partial charge in [-0.3, -0.25) is 14.8 Å². The number of carbonyl (C=O) groups is 1. The van der Waals surface area contributed by atoms with Crippen LogP contribution >= 0.6 is 11.3 Å². The summed E-state index contributed by atoms with van der Waals surface area (Å²) in [5.41, 5.74) is 6.15. The fraction of sp³-hybridized carbons (Fsp3) is 0.250. The molecule has 2 heterocycles. The predicted molar refractivity (Wildman–Crippen MR) is 148 cm³/mol. The molecule has 0 saturated heterocycles. The summed E-state index contributed by atoms with van der Waals surface area (Å²) in [5.74, 6) is -0.111. The third kappa shape index (κ3) is 5.42. The molecule has 1 amide bonds. The second-order valence-corrected chi connectivity index (χ2v) is 9.78. The number of anilines is 1. The van der Waals surface area contributed by atoms with Crippen molar-refractivity contribution in [2.45, 2.75) is 32.7 Å². The van der Waals surface area contributed by atoms with Crippen molar-refractivity contribution in [1.29, 1.82) is 5.41 Å². The van der Waals surface area contributed by atoms with Gasteiger partial charge in [-0.25, -0.2) is 0 Å². The van der Waals surface area contributed by atoms with Gasteiger partial charge in [-0.2, -0.15) is 5.10 Å².